The van der Waals surface area contributed by atoms with Crippen molar-refractivity contribution >= 4 is 58.0 Å². The fourth-order valence-corrected chi connectivity index (χ4v) is 4.95. The molecular formula is C22H18Cl3NO3S. The van der Waals surface area contributed by atoms with E-state index in [1.807, 2.05) is 25.1 Å². The molecule has 1 amide bonds. The van der Waals surface area contributed by atoms with Gasteiger partial charge in [-0.05, 0) is 42.3 Å². The molecule has 0 bridgehead atoms. The van der Waals surface area contributed by atoms with Gasteiger partial charge in [0.25, 0.3) is 5.91 Å². The fourth-order valence-electron chi connectivity index (χ4n) is 3.02. The van der Waals surface area contributed by atoms with Crippen molar-refractivity contribution in [2.45, 2.75) is 19.4 Å². The monoisotopic (exact) mass is 481 g/mol. The van der Waals surface area contributed by atoms with E-state index in [1.54, 1.807) is 30.3 Å². The Labute approximate surface area is 193 Å². The number of nitrogens with one attached hydrogen (secondary N) is 1. The van der Waals surface area contributed by atoms with Crippen LogP contribution in [-0.4, -0.2) is 19.0 Å². The average Bonchev–Trinajstić information content (AvgIpc) is 3.00. The van der Waals surface area contributed by atoms with Crippen LogP contribution in [0.15, 0.2) is 48.5 Å². The number of esters is 1. The summed E-state index contributed by atoms with van der Waals surface area (Å²) in [5, 5.41) is 3.56. The third kappa shape index (κ3) is 5.16. The predicted octanol–water partition coefficient (Wildman–Crippen LogP) is 6.58. The minimum atomic E-state index is -0.413. The Balaban J connectivity index is 1.80. The summed E-state index contributed by atoms with van der Waals surface area (Å²) in [5.74, 6) is -0.728. The molecular weight excluding hydrogens is 465 g/mol. The third-order valence-corrected chi connectivity index (χ3v) is 6.52. The molecule has 30 heavy (non-hydrogen) atoms. The summed E-state index contributed by atoms with van der Waals surface area (Å²) < 4.78 is 5.51. The second kappa shape index (κ2) is 9.84. The first-order valence-corrected chi connectivity index (χ1v) is 11.0. The van der Waals surface area contributed by atoms with Gasteiger partial charge in [0, 0.05) is 17.0 Å². The lowest BCUT2D eigenvalue weighted by atomic mass is 10.0. The predicted molar refractivity (Wildman–Crippen MR) is 122 cm³/mol. The van der Waals surface area contributed by atoms with Crippen LogP contribution in [0.4, 0.5) is 0 Å². The van der Waals surface area contributed by atoms with Crippen molar-refractivity contribution < 1.29 is 14.3 Å². The van der Waals surface area contributed by atoms with E-state index in [2.05, 4.69) is 5.32 Å². The summed E-state index contributed by atoms with van der Waals surface area (Å²) in [6.07, 6.45) is 0.438. The lowest BCUT2D eigenvalue weighted by molar-refractivity contribution is 0.0600. The topological polar surface area (TPSA) is 55.4 Å². The number of amides is 1. The van der Waals surface area contributed by atoms with Crippen LogP contribution in [0.5, 0.6) is 0 Å². The molecule has 0 saturated carbocycles. The summed E-state index contributed by atoms with van der Waals surface area (Å²) >= 11 is 19.9. The maximum absolute atomic E-state index is 13.0. The Kier molecular flexibility index (Phi) is 7.42. The van der Waals surface area contributed by atoms with Gasteiger partial charge >= 0.3 is 5.97 Å². The van der Waals surface area contributed by atoms with Gasteiger partial charge in [-0.25, -0.2) is 4.79 Å². The summed E-state index contributed by atoms with van der Waals surface area (Å²) in [6.45, 7) is 1.85. The summed E-state index contributed by atoms with van der Waals surface area (Å²) in [5.41, 5.74) is 3.24. The number of ether oxygens (including phenoxy) is 1. The zero-order valence-electron chi connectivity index (χ0n) is 16.2. The lowest BCUT2D eigenvalue weighted by Crippen LogP contribution is -2.27. The van der Waals surface area contributed by atoms with Crippen molar-refractivity contribution in [1.82, 2.24) is 5.32 Å². The second-order valence-electron chi connectivity index (χ2n) is 6.62. The van der Waals surface area contributed by atoms with Gasteiger partial charge in [-0.3, -0.25) is 4.79 Å². The maximum atomic E-state index is 13.0. The van der Waals surface area contributed by atoms with E-state index in [-0.39, 0.29) is 11.9 Å². The SMILES string of the molecule is COC(=O)c1ccc([C@H](C)NC(=O)c2c(Cl)sc(Cl)c2Cc2cccc(Cl)c2)cc1. The van der Waals surface area contributed by atoms with Crippen molar-refractivity contribution in [2.75, 3.05) is 7.11 Å². The quantitative estimate of drug-likeness (QED) is 0.404. The molecule has 0 aliphatic carbocycles. The number of hydrogen-bond acceptors (Lipinski definition) is 4. The van der Waals surface area contributed by atoms with Crippen LogP contribution in [0.1, 0.15) is 50.4 Å². The summed E-state index contributed by atoms with van der Waals surface area (Å²) in [4.78, 5) is 24.6. The number of thiophene rings is 1. The first-order valence-electron chi connectivity index (χ1n) is 9.00. The number of carbonyl (C=O) groups excluding carboxylic acids is 2. The van der Waals surface area contributed by atoms with Gasteiger partial charge in [0.05, 0.1) is 28.6 Å². The largest absolute Gasteiger partial charge is 0.465 e. The average molecular weight is 483 g/mol. The van der Waals surface area contributed by atoms with Crippen molar-refractivity contribution in [3.63, 3.8) is 0 Å². The van der Waals surface area contributed by atoms with Crippen LogP contribution < -0.4 is 5.32 Å². The molecule has 0 saturated heterocycles. The molecule has 8 heteroatoms. The van der Waals surface area contributed by atoms with Crippen LogP contribution in [0.3, 0.4) is 0 Å². The number of hydrogen-bond donors (Lipinski definition) is 1. The molecule has 0 aliphatic rings. The van der Waals surface area contributed by atoms with Gasteiger partial charge < -0.3 is 10.1 Å². The summed E-state index contributed by atoms with van der Waals surface area (Å²) in [6, 6.07) is 13.9. The summed E-state index contributed by atoms with van der Waals surface area (Å²) in [7, 11) is 1.33. The first kappa shape index (κ1) is 22.6. The zero-order valence-corrected chi connectivity index (χ0v) is 19.3. The Hall–Kier alpha value is -2.05. The van der Waals surface area contributed by atoms with Gasteiger partial charge in [0.1, 0.15) is 4.34 Å². The number of rotatable bonds is 6. The third-order valence-electron chi connectivity index (χ3n) is 4.59. The van der Waals surface area contributed by atoms with E-state index in [0.29, 0.717) is 36.8 Å². The van der Waals surface area contributed by atoms with E-state index in [0.717, 1.165) is 22.5 Å². The molecule has 0 spiro atoms. The molecule has 156 valence electrons. The molecule has 0 fully saturated rings. The molecule has 4 nitrogen and oxygen atoms in total. The molecule has 1 atom stereocenters. The normalized spacial score (nSPS) is 11.8. The van der Waals surface area contributed by atoms with Crippen LogP contribution in [0, 0.1) is 0 Å². The van der Waals surface area contributed by atoms with E-state index < -0.39 is 5.97 Å². The highest BCUT2D eigenvalue weighted by Crippen LogP contribution is 2.38. The molecule has 1 N–H and O–H groups in total. The van der Waals surface area contributed by atoms with Gasteiger partial charge in [-0.2, -0.15) is 0 Å². The highest BCUT2D eigenvalue weighted by molar-refractivity contribution is 7.20. The zero-order chi connectivity index (χ0) is 21.8. The van der Waals surface area contributed by atoms with Crippen molar-refractivity contribution in [1.29, 1.82) is 0 Å². The number of benzene rings is 2. The van der Waals surface area contributed by atoms with Crippen LogP contribution in [0.25, 0.3) is 0 Å². The number of methoxy groups -OCH3 is 1. The minimum Gasteiger partial charge on any atom is -0.465 e. The van der Waals surface area contributed by atoms with Gasteiger partial charge in [0.15, 0.2) is 0 Å². The molecule has 1 heterocycles. The Morgan fingerprint density at radius 3 is 2.40 bits per heavy atom. The van der Waals surface area contributed by atoms with E-state index >= 15 is 0 Å². The van der Waals surface area contributed by atoms with Crippen LogP contribution in [0.2, 0.25) is 13.7 Å². The standard InChI is InChI=1S/C22H18Cl3NO3S/c1-12(14-6-8-15(9-7-14)22(28)29-2)26-21(27)18-17(19(24)30-20(18)25)11-13-4-3-5-16(23)10-13/h3-10,12H,11H2,1-2H3,(H,26,27)/t12-/m0/s1. The highest BCUT2D eigenvalue weighted by atomic mass is 35.5. The Bertz CT molecular complexity index is 1080. The maximum Gasteiger partial charge on any atom is 0.337 e. The van der Waals surface area contributed by atoms with E-state index in [1.165, 1.54) is 7.11 Å². The molecule has 3 aromatic rings. The molecule has 0 unspecified atom stereocenters. The second-order valence-corrected chi connectivity index (χ2v) is 9.28. The van der Waals surface area contributed by atoms with Crippen molar-refractivity contribution in [3.8, 4) is 0 Å². The van der Waals surface area contributed by atoms with Gasteiger partial charge in [-0.1, -0.05) is 59.1 Å². The molecule has 3 rings (SSSR count). The molecule has 1 aromatic heterocycles. The molecule has 0 aliphatic heterocycles. The van der Waals surface area contributed by atoms with E-state index in [9.17, 15) is 9.59 Å². The van der Waals surface area contributed by atoms with Crippen LogP contribution >= 0.6 is 46.1 Å². The lowest BCUT2D eigenvalue weighted by Gasteiger charge is -2.15. The minimum absolute atomic E-state index is 0.307. The number of halogens is 3. The smallest absolute Gasteiger partial charge is 0.337 e. The fraction of sp³-hybridized carbons (Fsp3) is 0.182. The molecule has 0 radical (unpaired) electrons. The van der Waals surface area contributed by atoms with Crippen molar-refractivity contribution in [2.24, 2.45) is 0 Å². The van der Waals surface area contributed by atoms with Gasteiger partial charge in [0.2, 0.25) is 0 Å². The Morgan fingerprint density at radius 2 is 1.77 bits per heavy atom. The Morgan fingerprint density at radius 1 is 1.07 bits per heavy atom. The van der Waals surface area contributed by atoms with Crippen LogP contribution in [-0.2, 0) is 11.2 Å². The number of carbonyl (C=O) groups is 2. The molecule has 2 aromatic carbocycles. The van der Waals surface area contributed by atoms with Gasteiger partial charge in [-0.15, -0.1) is 11.3 Å². The first-order chi connectivity index (χ1) is 14.3. The van der Waals surface area contributed by atoms with Crippen molar-refractivity contribution in [3.05, 3.63) is 90.0 Å². The van der Waals surface area contributed by atoms with E-state index in [4.69, 9.17) is 39.5 Å². The highest BCUT2D eigenvalue weighted by Gasteiger charge is 2.24.